The summed E-state index contributed by atoms with van der Waals surface area (Å²) in [6.07, 6.45) is 2.47. The van der Waals surface area contributed by atoms with Gasteiger partial charge in [0.2, 0.25) is 5.17 Å². The Hall–Kier alpha value is -3.13. The number of benzene rings is 1. The van der Waals surface area contributed by atoms with E-state index in [0.717, 1.165) is 45.4 Å². The smallest absolute Gasteiger partial charge is 0.283 e. The average molecular weight is 422 g/mol. The van der Waals surface area contributed by atoms with Gasteiger partial charge < -0.3 is 9.30 Å². The lowest BCUT2D eigenvalue weighted by Crippen LogP contribution is -2.35. The van der Waals surface area contributed by atoms with E-state index >= 15 is 0 Å². The quantitative estimate of drug-likeness (QED) is 0.740. The summed E-state index contributed by atoms with van der Waals surface area (Å²) in [6.45, 7) is 8.03. The van der Waals surface area contributed by atoms with Crippen molar-refractivity contribution in [3.63, 3.8) is 0 Å². The van der Waals surface area contributed by atoms with Crippen molar-refractivity contribution < 1.29 is 9.53 Å². The summed E-state index contributed by atoms with van der Waals surface area (Å²) >= 11 is 1.34. The summed E-state index contributed by atoms with van der Waals surface area (Å²) in [5.74, 6) is 0.413. The number of aromatic nitrogens is 1. The van der Waals surface area contributed by atoms with Gasteiger partial charge in [-0.3, -0.25) is 10.2 Å². The monoisotopic (exact) mass is 421 g/mol. The number of nitrogens with zero attached hydrogens (tertiary/aromatic N) is 4. The molecule has 2 aliphatic rings. The summed E-state index contributed by atoms with van der Waals surface area (Å²) in [5.41, 5.74) is 5.11. The molecule has 0 bridgehead atoms. The third kappa shape index (κ3) is 3.27. The molecule has 0 radical (unpaired) electrons. The van der Waals surface area contributed by atoms with Crippen LogP contribution in [0.2, 0.25) is 0 Å². The number of carbonyl (C=O) groups excluding carboxylic acids is 1. The van der Waals surface area contributed by atoms with Gasteiger partial charge in [-0.2, -0.15) is 15.1 Å². The van der Waals surface area contributed by atoms with Gasteiger partial charge in [0.1, 0.15) is 10.8 Å². The Bertz CT molecular complexity index is 1170. The number of methoxy groups -OCH3 is 1. The van der Waals surface area contributed by atoms with Gasteiger partial charge in [0, 0.05) is 11.4 Å². The van der Waals surface area contributed by atoms with Gasteiger partial charge in [-0.15, -0.1) is 0 Å². The van der Waals surface area contributed by atoms with Crippen LogP contribution in [0.15, 0.2) is 39.9 Å². The summed E-state index contributed by atoms with van der Waals surface area (Å²) in [7, 11) is 1.65. The van der Waals surface area contributed by atoms with Gasteiger partial charge in [0.15, 0.2) is 5.84 Å². The Morgan fingerprint density at radius 1 is 1.23 bits per heavy atom. The zero-order chi connectivity index (χ0) is 21.6. The highest BCUT2D eigenvalue weighted by Crippen LogP contribution is 2.32. The van der Waals surface area contributed by atoms with E-state index in [1.54, 1.807) is 13.2 Å². The number of nitrogens with one attached hydrogen (secondary N) is 1. The second-order valence-corrected chi connectivity index (χ2v) is 8.25. The van der Waals surface area contributed by atoms with Crippen molar-refractivity contribution in [3.05, 3.63) is 52.4 Å². The second kappa shape index (κ2) is 7.60. The predicted molar refractivity (Wildman–Crippen MR) is 122 cm³/mol. The van der Waals surface area contributed by atoms with Crippen LogP contribution in [0.25, 0.3) is 11.8 Å². The van der Waals surface area contributed by atoms with Crippen LogP contribution in [0.4, 0.5) is 0 Å². The summed E-state index contributed by atoms with van der Waals surface area (Å²) in [6, 6.07) is 8.04. The van der Waals surface area contributed by atoms with E-state index in [-0.39, 0.29) is 11.4 Å². The number of carbonyl (C=O) groups is 1. The molecule has 3 heterocycles. The van der Waals surface area contributed by atoms with Crippen LogP contribution >= 0.6 is 11.8 Å². The van der Waals surface area contributed by atoms with Crippen molar-refractivity contribution in [2.24, 2.45) is 10.1 Å². The van der Waals surface area contributed by atoms with E-state index in [0.29, 0.717) is 5.17 Å². The Balaban J connectivity index is 1.79. The maximum Gasteiger partial charge on any atom is 0.283 e. The number of fused-ring (bicyclic) bond motifs is 1. The van der Waals surface area contributed by atoms with Gasteiger partial charge in [-0.05, 0) is 74.4 Å². The number of rotatable bonds is 4. The fourth-order valence-corrected chi connectivity index (χ4v) is 4.43. The van der Waals surface area contributed by atoms with E-state index in [4.69, 9.17) is 10.1 Å². The van der Waals surface area contributed by atoms with Crippen LogP contribution in [0.1, 0.15) is 35.9 Å². The molecule has 0 saturated carbocycles. The Kier molecular flexibility index (Phi) is 5.11. The second-order valence-electron chi connectivity index (χ2n) is 7.20. The molecule has 30 heavy (non-hydrogen) atoms. The van der Waals surface area contributed by atoms with Gasteiger partial charge in [-0.1, -0.05) is 13.0 Å². The van der Waals surface area contributed by atoms with Crippen LogP contribution in [0.5, 0.6) is 5.75 Å². The molecule has 0 aliphatic carbocycles. The number of ether oxygens (including phenoxy) is 1. The molecule has 0 atom stereocenters. The van der Waals surface area contributed by atoms with E-state index in [2.05, 4.69) is 20.7 Å². The largest absolute Gasteiger partial charge is 0.495 e. The lowest BCUT2D eigenvalue weighted by Gasteiger charge is -2.20. The van der Waals surface area contributed by atoms with Crippen molar-refractivity contribution >= 4 is 39.8 Å². The highest BCUT2D eigenvalue weighted by Gasteiger charge is 2.35. The highest BCUT2D eigenvalue weighted by molar-refractivity contribution is 8.26. The number of thioether (sulfide) groups is 1. The first kappa shape index (κ1) is 20.2. The van der Waals surface area contributed by atoms with E-state index < -0.39 is 5.91 Å². The number of hydrogen-bond acceptors (Lipinski definition) is 5. The number of aliphatic imine (C=N–C) groups is 1. The fourth-order valence-electron chi connectivity index (χ4n) is 3.61. The topological polar surface area (TPSA) is 83.0 Å². The Labute approximate surface area is 179 Å². The van der Waals surface area contributed by atoms with E-state index in [1.807, 2.05) is 45.9 Å². The SMILES string of the molecule is CCC1=NN2C(=N)/C(=C/c3cc(C)n(-c4cc(C)ccc4OC)c3C)C(=O)N=C2S1. The molecular formula is C22H23N5O2S. The molecule has 1 aromatic heterocycles. The lowest BCUT2D eigenvalue weighted by atomic mass is 10.1. The minimum Gasteiger partial charge on any atom is -0.495 e. The molecule has 154 valence electrons. The van der Waals surface area contributed by atoms with Crippen LogP contribution in [0, 0.1) is 26.2 Å². The molecule has 0 spiro atoms. The Morgan fingerprint density at radius 3 is 2.70 bits per heavy atom. The third-order valence-corrected chi connectivity index (χ3v) is 6.20. The molecule has 1 amide bonds. The van der Waals surface area contributed by atoms with Gasteiger partial charge >= 0.3 is 0 Å². The number of amidine groups is 2. The standard InChI is InChI=1S/C22H23N5O2S/c1-6-19-25-27-20(23)16(21(28)24-22(27)30-19)11-15-10-13(3)26(14(15)4)17-9-12(2)7-8-18(17)29-5/h7-11,23H,6H2,1-5H3/b16-11-,23-20?. The molecule has 1 N–H and O–H groups in total. The Morgan fingerprint density at radius 2 is 2.00 bits per heavy atom. The third-order valence-electron chi connectivity index (χ3n) is 5.14. The highest BCUT2D eigenvalue weighted by atomic mass is 32.2. The zero-order valence-corrected chi connectivity index (χ0v) is 18.4. The average Bonchev–Trinajstić information content (AvgIpc) is 3.25. The minimum atomic E-state index is -0.413. The first-order chi connectivity index (χ1) is 14.3. The molecule has 8 heteroatoms. The van der Waals surface area contributed by atoms with Crippen LogP contribution in [-0.4, -0.2) is 38.6 Å². The normalized spacial score (nSPS) is 17.4. The molecule has 7 nitrogen and oxygen atoms in total. The molecule has 1 aromatic carbocycles. The maximum atomic E-state index is 12.7. The lowest BCUT2D eigenvalue weighted by molar-refractivity contribution is -0.114. The fraction of sp³-hybridized carbons (Fsp3) is 0.273. The van der Waals surface area contributed by atoms with Crippen LogP contribution in [-0.2, 0) is 4.79 Å². The molecule has 0 unspecified atom stereocenters. The van der Waals surface area contributed by atoms with Crippen LogP contribution < -0.4 is 4.74 Å². The van der Waals surface area contributed by atoms with Gasteiger partial charge in [-0.25, -0.2) is 0 Å². The molecule has 4 rings (SSSR count). The van der Waals surface area contributed by atoms with Crippen molar-refractivity contribution in [2.75, 3.05) is 7.11 Å². The molecule has 2 aliphatic heterocycles. The molecule has 0 fully saturated rings. The van der Waals surface area contributed by atoms with Crippen molar-refractivity contribution in [1.29, 1.82) is 5.41 Å². The number of hydrazone groups is 1. The number of hydrogen-bond donors (Lipinski definition) is 1. The van der Waals surface area contributed by atoms with E-state index in [1.165, 1.54) is 16.8 Å². The van der Waals surface area contributed by atoms with Crippen molar-refractivity contribution in [1.82, 2.24) is 9.58 Å². The summed E-state index contributed by atoms with van der Waals surface area (Å²) in [4.78, 5) is 16.8. The molecule has 0 saturated heterocycles. The van der Waals surface area contributed by atoms with E-state index in [9.17, 15) is 4.79 Å². The zero-order valence-electron chi connectivity index (χ0n) is 17.6. The summed E-state index contributed by atoms with van der Waals surface area (Å²) < 4.78 is 7.66. The summed E-state index contributed by atoms with van der Waals surface area (Å²) in [5, 5.41) is 15.7. The maximum absolute atomic E-state index is 12.7. The van der Waals surface area contributed by atoms with Crippen molar-refractivity contribution in [3.8, 4) is 11.4 Å². The molecule has 2 aromatic rings. The first-order valence-electron chi connectivity index (χ1n) is 9.67. The van der Waals surface area contributed by atoms with Crippen molar-refractivity contribution in [2.45, 2.75) is 34.1 Å². The van der Waals surface area contributed by atoms with Gasteiger partial charge in [0.05, 0.1) is 18.4 Å². The van der Waals surface area contributed by atoms with Gasteiger partial charge in [0.25, 0.3) is 5.91 Å². The minimum absolute atomic E-state index is 0.0545. The predicted octanol–water partition coefficient (Wildman–Crippen LogP) is 4.44. The molecular weight excluding hydrogens is 398 g/mol. The van der Waals surface area contributed by atoms with Crippen LogP contribution in [0.3, 0.4) is 0 Å². The first-order valence-corrected chi connectivity index (χ1v) is 10.5. The number of amides is 1. The number of aryl methyl sites for hydroxylation is 2.